The number of thioether (sulfide) groups is 1. The summed E-state index contributed by atoms with van der Waals surface area (Å²) in [4.78, 5) is 25.3. The molecule has 0 aliphatic carbocycles. The Labute approximate surface area is 80.2 Å². The zero-order chi connectivity index (χ0) is 9.68. The third kappa shape index (κ3) is 3.30. The van der Waals surface area contributed by atoms with Crippen molar-refractivity contribution in [2.45, 2.75) is 12.8 Å². The number of hydrogen-bond acceptors (Lipinski definition) is 3. The highest BCUT2D eigenvalue weighted by Gasteiger charge is 2.17. The van der Waals surface area contributed by atoms with E-state index in [1.807, 2.05) is 0 Å². The molecule has 0 aromatic carbocycles. The van der Waals surface area contributed by atoms with Crippen molar-refractivity contribution in [3.63, 3.8) is 0 Å². The van der Waals surface area contributed by atoms with Crippen LogP contribution in [0.4, 0.5) is 0 Å². The maximum Gasteiger partial charge on any atom is 0.257 e. The fourth-order valence-corrected chi connectivity index (χ4v) is 1.52. The zero-order valence-corrected chi connectivity index (χ0v) is 7.69. The van der Waals surface area contributed by atoms with Crippen molar-refractivity contribution in [1.29, 1.82) is 0 Å². The van der Waals surface area contributed by atoms with Gasteiger partial charge in [-0.05, 0) is 0 Å². The normalized spacial score (nSPS) is 16.1. The number of amides is 2. The number of carbonyl (C=O) groups excluding carboxylic acids is 2. The van der Waals surface area contributed by atoms with E-state index in [0.29, 0.717) is 17.3 Å². The van der Waals surface area contributed by atoms with Crippen LogP contribution in [0.25, 0.3) is 0 Å². The van der Waals surface area contributed by atoms with Gasteiger partial charge in [0.25, 0.3) is 5.91 Å². The summed E-state index contributed by atoms with van der Waals surface area (Å²) in [7, 11) is 0. The van der Waals surface area contributed by atoms with E-state index in [1.54, 1.807) is 0 Å². The van der Waals surface area contributed by atoms with E-state index in [1.165, 1.54) is 11.8 Å². The first kappa shape index (κ1) is 9.81. The molecule has 4 nitrogen and oxygen atoms in total. The predicted molar refractivity (Wildman–Crippen MR) is 51.1 cm³/mol. The monoisotopic (exact) mass is 196 g/mol. The van der Waals surface area contributed by atoms with Crippen molar-refractivity contribution < 1.29 is 9.59 Å². The van der Waals surface area contributed by atoms with Crippen LogP contribution in [-0.4, -0.2) is 22.7 Å². The molecule has 0 bridgehead atoms. The van der Waals surface area contributed by atoms with Crippen molar-refractivity contribution in [2.75, 3.05) is 5.75 Å². The van der Waals surface area contributed by atoms with Crippen LogP contribution in [0, 0.1) is 12.3 Å². The second-order valence-electron chi connectivity index (χ2n) is 2.34. The number of terminal acetylenes is 1. The van der Waals surface area contributed by atoms with Gasteiger partial charge in [-0.1, -0.05) is 11.8 Å². The Morgan fingerprint density at radius 3 is 3.00 bits per heavy atom. The van der Waals surface area contributed by atoms with E-state index in [4.69, 9.17) is 6.42 Å². The number of amidine groups is 1. The van der Waals surface area contributed by atoms with Crippen LogP contribution < -0.4 is 5.32 Å². The molecule has 0 aromatic heterocycles. The minimum Gasteiger partial charge on any atom is -0.305 e. The molecule has 0 radical (unpaired) electrons. The molecule has 0 unspecified atom stereocenters. The quantitative estimate of drug-likeness (QED) is 0.388. The van der Waals surface area contributed by atoms with E-state index in [9.17, 15) is 9.59 Å². The van der Waals surface area contributed by atoms with Gasteiger partial charge < -0.3 is 5.32 Å². The molecule has 0 saturated heterocycles. The topological polar surface area (TPSA) is 58.5 Å². The molecule has 1 aliphatic rings. The molecule has 1 heterocycles. The zero-order valence-electron chi connectivity index (χ0n) is 6.87. The van der Waals surface area contributed by atoms with E-state index in [-0.39, 0.29) is 12.3 Å². The van der Waals surface area contributed by atoms with Gasteiger partial charge in [0.1, 0.15) is 6.42 Å². The first-order valence-corrected chi connectivity index (χ1v) is 4.68. The second kappa shape index (κ2) is 4.67. The van der Waals surface area contributed by atoms with Crippen molar-refractivity contribution in [1.82, 2.24) is 5.32 Å². The van der Waals surface area contributed by atoms with Crippen molar-refractivity contribution in [2.24, 2.45) is 4.99 Å². The van der Waals surface area contributed by atoms with Gasteiger partial charge in [0.15, 0.2) is 5.17 Å². The van der Waals surface area contributed by atoms with Gasteiger partial charge in [-0.3, -0.25) is 9.59 Å². The Bertz CT molecular complexity index is 304. The maximum absolute atomic E-state index is 10.9. The first-order valence-electron chi connectivity index (χ1n) is 3.70. The smallest absolute Gasteiger partial charge is 0.257 e. The minimum absolute atomic E-state index is 0.154. The second-order valence-corrected chi connectivity index (χ2v) is 3.42. The standard InChI is InChI=1S/C8H8N2O2S/c1-2-3-4-13-8-9-6(11)5-7(12)10-8/h1H,3-5H2,(H,9,10,11,12). The molecule has 1 aliphatic heterocycles. The highest BCUT2D eigenvalue weighted by atomic mass is 32.2. The predicted octanol–water partition coefficient (Wildman–Crippen LogP) is 0.145. The highest BCUT2D eigenvalue weighted by molar-refractivity contribution is 8.13. The van der Waals surface area contributed by atoms with Gasteiger partial charge in [0, 0.05) is 12.2 Å². The summed E-state index contributed by atoms with van der Waals surface area (Å²) in [5.74, 6) is 2.41. The maximum atomic E-state index is 10.9. The summed E-state index contributed by atoms with van der Waals surface area (Å²) in [5, 5.41) is 2.85. The summed E-state index contributed by atoms with van der Waals surface area (Å²) in [6.45, 7) is 0. The third-order valence-corrected chi connectivity index (χ3v) is 2.14. The largest absolute Gasteiger partial charge is 0.305 e. The Morgan fingerprint density at radius 1 is 1.62 bits per heavy atom. The van der Waals surface area contributed by atoms with E-state index < -0.39 is 5.91 Å². The Morgan fingerprint density at radius 2 is 2.38 bits per heavy atom. The Balaban J connectivity index is 2.45. The molecular formula is C8H8N2O2S. The number of nitrogens with one attached hydrogen (secondary N) is 1. The van der Waals surface area contributed by atoms with Gasteiger partial charge in [-0.25, -0.2) is 0 Å². The van der Waals surface area contributed by atoms with Gasteiger partial charge >= 0.3 is 0 Å². The van der Waals surface area contributed by atoms with Crippen LogP contribution >= 0.6 is 11.8 Å². The fraction of sp³-hybridized carbons (Fsp3) is 0.375. The average molecular weight is 196 g/mol. The Kier molecular flexibility index (Phi) is 3.53. The molecule has 0 fully saturated rings. The van der Waals surface area contributed by atoms with Gasteiger partial charge in [0.05, 0.1) is 0 Å². The molecule has 5 heteroatoms. The molecule has 68 valence electrons. The van der Waals surface area contributed by atoms with Crippen molar-refractivity contribution >= 4 is 28.7 Å². The molecule has 13 heavy (non-hydrogen) atoms. The molecule has 1 N–H and O–H groups in total. The van der Waals surface area contributed by atoms with Gasteiger partial charge in [-0.15, -0.1) is 12.3 Å². The van der Waals surface area contributed by atoms with Crippen molar-refractivity contribution in [3.8, 4) is 12.3 Å². The number of rotatable bonds is 2. The average Bonchev–Trinajstić information content (AvgIpc) is 2.03. The molecule has 1 rings (SSSR count). The van der Waals surface area contributed by atoms with Crippen LogP contribution in [0.2, 0.25) is 0 Å². The van der Waals surface area contributed by atoms with Crippen LogP contribution in [0.5, 0.6) is 0 Å². The number of nitrogens with zero attached hydrogens (tertiary/aromatic N) is 1. The fourth-order valence-electron chi connectivity index (χ4n) is 0.757. The lowest BCUT2D eigenvalue weighted by Crippen LogP contribution is -2.35. The van der Waals surface area contributed by atoms with E-state index in [0.717, 1.165) is 0 Å². The van der Waals surface area contributed by atoms with Crippen molar-refractivity contribution in [3.05, 3.63) is 0 Å². The SMILES string of the molecule is C#CCCSC1=NC(=O)CC(=O)N1. The van der Waals surface area contributed by atoms with Crippen LogP contribution in [0.3, 0.4) is 0 Å². The molecule has 0 spiro atoms. The third-order valence-electron chi connectivity index (χ3n) is 1.27. The number of aliphatic imine (C=N–C) groups is 1. The Hall–Kier alpha value is -1.28. The molecule has 0 aromatic rings. The summed E-state index contributed by atoms with van der Waals surface area (Å²) in [5.41, 5.74) is 0. The lowest BCUT2D eigenvalue weighted by molar-refractivity contribution is -0.127. The van der Waals surface area contributed by atoms with E-state index >= 15 is 0 Å². The summed E-state index contributed by atoms with van der Waals surface area (Å²) >= 11 is 1.28. The molecule has 2 amide bonds. The lowest BCUT2D eigenvalue weighted by Gasteiger charge is -2.10. The van der Waals surface area contributed by atoms with Crippen LogP contribution in [0.15, 0.2) is 4.99 Å². The van der Waals surface area contributed by atoms with Gasteiger partial charge in [0.2, 0.25) is 5.91 Å². The molecule has 0 atom stereocenters. The summed E-state index contributed by atoms with van der Waals surface area (Å²) < 4.78 is 0. The summed E-state index contributed by atoms with van der Waals surface area (Å²) in [6.07, 6.45) is 5.48. The highest BCUT2D eigenvalue weighted by Crippen LogP contribution is 2.07. The van der Waals surface area contributed by atoms with Crippen LogP contribution in [0.1, 0.15) is 12.8 Å². The number of hydrogen-bond donors (Lipinski definition) is 1. The molecule has 0 saturated carbocycles. The first-order chi connectivity index (χ1) is 6.22. The lowest BCUT2D eigenvalue weighted by atomic mass is 10.4. The van der Waals surface area contributed by atoms with Crippen LogP contribution in [-0.2, 0) is 9.59 Å². The molecular weight excluding hydrogens is 188 g/mol. The number of carbonyl (C=O) groups is 2. The van der Waals surface area contributed by atoms with Gasteiger partial charge in [-0.2, -0.15) is 4.99 Å². The van der Waals surface area contributed by atoms with E-state index in [2.05, 4.69) is 16.2 Å². The summed E-state index contributed by atoms with van der Waals surface area (Å²) in [6, 6.07) is 0. The minimum atomic E-state index is -0.396.